The van der Waals surface area contributed by atoms with Gasteiger partial charge >= 0.3 is 5.97 Å². The molecule has 0 radical (unpaired) electrons. The van der Waals surface area contributed by atoms with Crippen molar-refractivity contribution in [1.29, 1.82) is 0 Å². The van der Waals surface area contributed by atoms with Gasteiger partial charge in [-0.25, -0.2) is 9.97 Å². The first-order valence-electron chi connectivity index (χ1n) is 4.77. The fourth-order valence-corrected chi connectivity index (χ4v) is 1.43. The second kappa shape index (κ2) is 5.66. The van der Waals surface area contributed by atoms with Gasteiger partial charge in [-0.3, -0.25) is 4.79 Å². The van der Waals surface area contributed by atoms with E-state index in [1.807, 2.05) is 0 Å². The van der Waals surface area contributed by atoms with Crippen LogP contribution in [0.3, 0.4) is 0 Å². The van der Waals surface area contributed by atoms with Crippen molar-refractivity contribution >= 4 is 17.6 Å². The minimum Gasteiger partial charge on any atom is -0.466 e. The van der Waals surface area contributed by atoms with E-state index in [4.69, 9.17) is 16.3 Å². The first-order valence-corrected chi connectivity index (χ1v) is 5.15. The van der Waals surface area contributed by atoms with Gasteiger partial charge in [-0.05, 0) is 19.9 Å². The molecule has 1 heterocycles. The standard InChI is InChI=1S/C10H13ClN2O2/c1-3-15-10(14)5-4-8-6-9(11)13-7(2)12-8/h6H,3-5H2,1-2H3. The number of hydrogen-bond donors (Lipinski definition) is 0. The number of carbonyl (C=O) groups is 1. The van der Waals surface area contributed by atoms with Gasteiger partial charge in [-0.1, -0.05) is 11.6 Å². The van der Waals surface area contributed by atoms with E-state index in [1.54, 1.807) is 19.9 Å². The number of carbonyl (C=O) groups excluding carboxylic acids is 1. The molecular formula is C10H13ClN2O2. The predicted octanol–water partition coefficient (Wildman–Crippen LogP) is 1.93. The first-order chi connectivity index (χ1) is 7.11. The summed E-state index contributed by atoms with van der Waals surface area (Å²) in [4.78, 5) is 19.2. The fourth-order valence-electron chi connectivity index (χ4n) is 1.18. The summed E-state index contributed by atoms with van der Waals surface area (Å²) in [5.41, 5.74) is 0.764. The molecule has 0 spiro atoms. The summed E-state index contributed by atoms with van der Waals surface area (Å²) in [6.45, 7) is 3.95. The van der Waals surface area contributed by atoms with Crippen LogP contribution in [0.1, 0.15) is 24.9 Å². The lowest BCUT2D eigenvalue weighted by molar-refractivity contribution is -0.143. The summed E-state index contributed by atoms with van der Waals surface area (Å²) in [5, 5.41) is 0.404. The highest BCUT2D eigenvalue weighted by Gasteiger charge is 2.05. The van der Waals surface area contributed by atoms with Crippen molar-refractivity contribution in [2.24, 2.45) is 0 Å². The largest absolute Gasteiger partial charge is 0.466 e. The van der Waals surface area contributed by atoms with E-state index >= 15 is 0 Å². The zero-order valence-corrected chi connectivity index (χ0v) is 9.54. The quantitative estimate of drug-likeness (QED) is 0.584. The Morgan fingerprint density at radius 3 is 2.87 bits per heavy atom. The zero-order chi connectivity index (χ0) is 11.3. The molecule has 0 N–H and O–H groups in total. The monoisotopic (exact) mass is 228 g/mol. The van der Waals surface area contributed by atoms with E-state index in [0.29, 0.717) is 30.4 Å². The molecule has 0 aromatic carbocycles. The van der Waals surface area contributed by atoms with Crippen LogP contribution in [0.5, 0.6) is 0 Å². The minimum absolute atomic E-state index is 0.218. The lowest BCUT2D eigenvalue weighted by Crippen LogP contribution is -2.06. The predicted molar refractivity (Wildman–Crippen MR) is 56.7 cm³/mol. The van der Waals surface area contributed by atoms with Gasteiger partial charge in [0.25, 0.3) is 0 Å². The van der Waals surface area contributed by atoms with E-state index in [9.17, 15) is 4.79 Å². The molecule has 15 heavy (non-hydrogen) atoms. The van der Waals surface area contributed by atoms with Crippen LogP contribution in [0, 0.1) is 6.92 Å². The van der Waals surface area contributed by atoms with Crippen molar-refractivity contribution in [3.05, 3.63) is 22.7 Å². The summed E-state index contributed by atoms with van der Waals surface area (Å²) in [7, 11) is 0. The Bertz CT molecular complexity index is 335. The number of nitrogens with zero attached hydrogens (tertiary/aromatic N) is 2. The summed E-state index contributed by atoms with van der Waals surface area (Å²) >= 11 is 5.76. The van der Waals surface area contributed by atoms with Crippen LogP contribution in [0.15, 0.2) is 6.07 Å². The van der Waals surface area contributed by atoms with Gasteiger partial charge < -0.3 is 4.74 Å². The molecule has 0 unspecified atom stereocenters. The maximum absolute atomic E-state index is 11.1. The Morgan fingerprint density at radius 1 is 1.53 bits per heavy atom. The molecule has 0 aliphatic rings. The third-order valence-electron chi connectivity index (χ3n) is 1.75. The normalized spacial score (nSPS) is 10.1. The van der Waals surface area contributed by atoms with Gasteiger partial charge in [-0.2, -0.15) is 0 Å². The SMILES string of the molecule is CCOC(=O)CCc1cc(Cl)nc(C)n1. The Hall–Kier alpha value is -1.16. The van der Waals surface area contributed by atoms with Gasteiger partial charge in [0.2, 0.25) is 0 Å². The molecule has 1 rings (SSSR count). The first kappa shape index (κ1) is 11.9. The van der Waals surface area contributed by atoms with E-state index in [-0.39, 0.29) is 5.97 Å². The lowest BCUT2D eigenvalue weighted by Gasteiger charge is -2.02. The van der Waals surface area contributed by atoms with Gasteiger partial charge in [0, 0.05) is 12.1 Å². The summed E-state index contributed by atoms with van der Waals surface area (Å²) < 4.78 is 4.81. The molecule has 0 aliphatic carbocycles. The highest BCUT2D eigenvalue weighted by molar-refractivity contribution is 6.29. The summed E-state index contributed by atoms with van der Waals surface area (Å²) in [6, 6.07) is 1.66. The molecule has 82 valence electrons. The van der Waals surface area contributed by atoms with E-state index in [0.717, 1.165) is 5.69 Å². The van der Waals surface area contributed by atoms with E-state index < -0.39 is 0 Å². The summed E-state index contributed by atoms with van der Waals surface area (Å²) in [5.74, 6) is 0.395. The Morgan fingerprint density at radius 2 is 2.27 bits per heavy atom. The number of halogens is 1. The van der Waals surface area contributed by atoms with Crippen LogP contribution < -0.4 is 0 Å². The molecule has 0 amide bonds. The molecule has 1 aromatic rings. The average molecular weight is 229 g/mol. The van der Waals surface area contributed by atoms with E-state index in [2.05, 4.69) is 9.97 Å². The number of aryl methyl sites for hydroxylation is 2. The van der Waals surface area contributed by atoms with Crippen LogP contribution in [0.25, 0.3) is 0 Å². The number of hydrogen-bond acceptors (Lipinski definition) is 4. The Labute approximate surface area is 93.6 Å². The molecule has 0 saturated carbocycles. The molecular weight excluding hydrogens is 216 g/mol. The van der Waals surface area contributed by atoms with Crippen LogP contribution in [0.2, 0.25) is 5.15 Å². The van der Waals surface area contributed by atoms with Crippen molar-refractivity contribution in [3.8, 4) is 0 Å². The van der Waals surface area contributed by atoms with Crippen LogP contribution >= 0.6 is 11.6 Å². The van der Waals surface area contributed by atoms with Crippen molar-refractivity contribution < 1.29 is 9.53 Å². The van der Waals surface area contributed by atoms with Crippen LogP contribution in [0.4, 0.5) is 0 Å². The van der Waals surface area contributed by atoms with Crippen molar-refractivity contribution in [3.63, 3.8) is 0 Å². The molecule has 0 aliphatic heterocycles. The third-order valence-corrected chi connectivity index (χ3v) is 1.94. The maximum Gasteiger partial charge on any atom is 0.306 e. The van der Waals surface area contributed by atoms with Crippen molar-refractivity contribution in [1.82, 2.24) is 9.97 Å². The van der Waals surface area contributed by atoms with E-state index in [1.165, 1.54) is 0 Å². The van der Waals surface area contributed by atoms with Gasteiger partial charge in [0.1, 0.15) is 11.0 Å². The number of ether oxygens (including phenoxy) is 1. The highest BCUT2D eigenvalue weighted by atomic mass is 35.5. The minimum atomic E-state index is -0.218. The van der Waals surface area contributed by atoms with Gasteiger partial charge in [0.15, 0.2) is 0 Å². The van der Waals surface area contributed by atoms with Gasteiger partial charge in [0.05, 0.1) is 13.0 Å². The average Bonchev–Trinajstić information content (AvgIpc) is 2.14. The number of aromatic nitrogens is 2. The molecule has 0 bridgehead atoms. The summed E-state index contributed by atoms with van der Waals surface area (Å²) in [6.07, 6.45) is 0.850. The third kappa shape index (κ3) is 4.25. The molecule has 5 heteroatoms. The van der Waals surface area contributed by atoms with Crippen molar-refractivity contribution in [2.45, 2.75) is 26.7 Å². The second-order valence-corrected chi connectivity index (χ2v) is 3.42. The molecule has 0 fully saturated rings. The van der Waals surface area contributed by atoms with Crippen molar-refractivity contribution in [2.75, 3.05) is 6.61 Å². The number of rotatable bonds is 4. The zero-order valence-electron chi connectivity index (χ0n) is 8.79. The molecule has 0 atom stereocenters. The van der Waals surface area contributed by atoms with Crippen LogP contribution in [-0.4, -0.2) is 22.5 Å². The van der Waals surface area contributed by atoms with Crippen LogP contribution in [-0.2, 0) is 16.0 Å². The second-order valence-electron chi connectivity index (χ2n) is 3.03. The Kier molecular flexibility index (Phi) is 4.49. The molecule has 0 saturated heterocycles. The smallest absolute Gasteiger partial charge is 0.306 e. The fraction of sp³-hybridized carbons (Fsp3) is 0.500. The Balaban J connectivity index is 2.54. The molecule has 4 nitrogen and oxygen atoms in total. The number of esters is 1. The molecule has 1 aromatic heterocycles. The van der Waals surface area contributed by atoms with Gasteiger partial charge in [-0.15, -0.1) is 0 Å². The topological polar surface area (TPSA) is 52.1 Å². The maximum atomic E-state index is 11.1. The lowest BCUT2D eigenvalue weighted by atomic mass is 10.2. The highest BCUT2D eigenvalue weighted by Crippen LogP contribution is 2.08.